The zero-order chi connectivity index (χ0) is 29.5. The number of benzene rings is 2. The van der Waals surface area contributed by atoms with Gasteiger partial charge in [-0.25, -0.2) is 23.1 Å². The van der Waals surface area contributed by atoms with Crippen LogP contribution >= 0.6 is 8.53 Å². The lowest BCUT2D eigenvalue weighted by atomic mass is 10.1. The van der Waals surface area contributed by atoms with Crippen molar-refractivity contribution in [3.05, 3.63) is 65.0 Å². The molecule has 4 rings (SSSR count). The molecule has 1 aliphatic heterocycles. The summed E-state index contributed by atoms with van der Waals surface area (Å²) in [5, 5.41) is 5.03. The summed E-state index contributed by atoms with van der Waals surface area (Å²) in [5.41, 5.74) is 4.65. The molecule has 10 nitrogen and oxygen atoms in total. The second kappa shape index (κ2) is 17.6. The molecule has 0 amide bonds. The molecule has 0 radical (unpaired) electrons. The van der Waals surface area contributed by atoms with Crippen LogP contribution in [0.1, 0.15) is 32.9 Å². The van der Waals surface area contributed by atoms with Crippen molar-refractivity contribution in [3.63, 3.8) is 0 Å². The molecule has 3 atom stereocenters. The summed E-state index contributed by atoms with van der Waals surface area (Å²) in [6.45, 7) is 2.49. The monoisotopic (exact) mass is 586 g/mol. The second-order valence-corrected chi connectivity index (χ2v) is 9.79. The molecule has 2 heterocycles. The highest BCUT2D eigenvalue weighted by Gasteiger charge is 2.29. The van der Waals surface area contributed by atoms with E-state index in [0.717, 1.165) is 27.8 Å². The van der Waals surface area contributed by atoms with E-state index in [2.05, 4.69) is 10.1 Å². The lowest BCUT2D eigenvalue weighted by Gasteiger charge is -2.20. The molecule has 1 saturated heterocycles. The van der Waals surface area contributed by atoms with Crippen LogP contribution in [0.15, 0.2) is 53.5 Å². The number of ether oxygens (including phenoxy) is 2. The van der Waals surface area contributed by atoms with Crippen molar-refractivity contribution in [1.29, 1.82) is 0 Å². The average Bonchev–Trinajstić information content (AvgIpc) is 3.41. The van der Waals surface area contributed by atoms with E-state index in [1.165, 1.54) is 0 Å². The third kappa shape index (κ3) is 10.8. The van der Waals surface area contributed by atoms with Crippen molar-refractivity contribution in [2.24, 2.45) is 0 Å². The standard InChI is InChI=1S/C21H22FN4O5P.C4H10O.CH2F2/c22-18-12-26(21(28)25-20(18)23)19-8-7-17(30-19)13-29-32(24-9-10-27)31-16-6-5-14-3-1-2-4-15(14)11-16;1-4(2)5-3;2-1-3/h1-6,10-12,17,19,24H,7-9,13H2,(H2,23,25,28);4H,1-3H3;1H2. The number of nitrogen functional groups attached to an aromatic ring is 1. The number of anilines is 1. The molecule has 40 heavy (non-hydrogen) atoms. The van der Waals surface area contributed by atoms with Gasteiger partial charge in [0.1, 0.15) is 18.3 Å². The fourth-order valence-corrected chi connectivity index (χ4v) is 4.40. The molecule has 1 aliphatic rings. The molecule has 0 saturated carbocycles. The lowest BCUT2D eigenvalue weighted by molar-refractivity contribution is -0.106. The van der Waals surface area contributed by atoms with Gasteiger partial charge in [0.05, 0.1) is 31.6 Å². The number of nitrogens with zero attached hydrogens (tertiary/aromatic N) is 2. The predicted octanol–water partition coefficient (Wildman–Crippen LogP) is 4.83. The SMILES string of the molecule is COC(C)C.FCF.Nc1nc(=O)n(C2CCC(COP(NCC=O)Oc3ccc4ccccc4c3)O2)cc1F. The Labute approximate surface area is 231 Å². The molecule has 3 aromatic rings. The summed E-state index contributed by atoms with van der Waals surface area (Å²) in [7, 11) is 0.0818. The third-order valence-corrected chi connectivity index (χ3v) is 6.59. The summed E-state index contributed by atoms with van der Waals surface area (Å²) in [5.74, 6) is -0.617. The number of fused-ring (bicyclic) bond motifs is 1. The number of aldehydes is 1. The van der Waals surface area contributed by atoms with Gasteiger partial charge >= 0.3 is 14.2 Å². The topological polar surface area (TPSA) is 127 Å². The summed E-state index contributed by atoms with van der Waals surface area (Å²) >= 11 is 0. The number of methoxy groups -OCH3 is 1. The Kier molecular flexibility index (Phi) is 14.5. The fraction of sp³-hybridized carbons (Fsp3) is 0.423. The van der Waals surface area contributed by atoms with Crippen LogP contribution in [0.2, 0.25) is 0 Å². The molecule has 2 aromatic carbocycles. The first-order valence-electron chi connectivity index (χ1n) is 12.3. The molecule has 3 unspecified atom stereocenters. The van der Waals surface area contributed by atoms with E-state index in [1.54, 1.807) is 7.11 Å². The number of hydrogen-bond donors (Lipinski definition) is 2. The number of halogens is 3. The van der Waals surface area contributed by atoms with Crippen LogP contribution in [-0.2, 0) is 18.8 Å². The third-order valence-electron chi connectivity index (χ3n) is 5.39. The highest BCUT2D eigenvalue weighted by molar-refractivity contribution is 7.45. The largest absolute Gasteiger partial charge is 0.436 e. The number of aromatic nitrogens is 2. The van der Waals surface area contributed by atoms with Gasteiger partial charge in [0, 0.05) is 7.11 Å². The molecule has 0 spiro atoms. The molecule has 3 N–H and O–H groups in total. The molecular weight excluding hydrogens is 552 g/mol. The molecule has 14 heteroatoms. The normalized spacial score (nSPS) is 17.0. The Balaban J connectivity index is 0.000000621. The Morgan fingerprint density at radius 2 is 1.90 bits per heavy atom. The smallest absolute Gasteiger partial charge is 0.351 e. The maximum Gasteiger partial charge on any atom is 0.351 e. The minimum atomic E-state index is -1.75. The van der Waals surface area contributed by atoms with E-state index in [-0.39, 0.29) is 19.3 Å². The molecule has 0 aliphatic carbocycles. The highest BCUT2D eigenvalue weighted by atomic mass is 31.2. The first-order chi connectivity index (χ1) is 19.2. The van der Waals surface area contributed by atoms with Crippen LogP contribution in [-0.4, -0.2) is 55.2 Å². The molecule has 220 valence electrons. The van der Waals surface area contributed by atoms with E-state index in [4.69, 9.17) is 24.3 Å². The Hall–Kier alpha value is -3.09. The summed E-state index contributed by atoms with van der Waals surface area (Å²) < 4.78 is 56.4. The van der Waals surface area contributed by atoms with Crippen molar-refractivity contribution in [3.8, 4) is 5.75 Å². The van der Waals surface area contributed by atoms with Gasteiger partial charge in [0.15, 0.2) is 11.6 Å². The van der Waals surface area contributed by atoms with Crippen molar-refractivity contribution >= 4 is 31.4 Å². The van der Waals surface area contributed by atoms with E-state index in [9.17, 15) is 22.8 Å². The highest BCUT2D eigenvalue weighted by Crippen LogP contribution is 2.38. The van der Waals surface area contributed by atoms with Crippen molar-refractivity contribution in [2.45, 2.75) is 45.1 Å². The van der Waals surface area contributed by atoms with Gasteiger partial charge in [-0.1, -0.05) is 30.3 Å². The predicted molar refractivity (Wildman–Crippen MR) is 147 cm³/mol. The zero-order valence-corrected chi connectivity index (χ0v) is 23.4. The van der Waals surface area contributed by atoms with Gasteiger partial charge in [-0.05, 0) is 49.6 Å². The number of rotatable bonds is 10. The minimum absolute atomic E-state index is 0.0687. The van der Waals surface area contributed by atoms with Crippen LogP contribution < -0.4 is 21.0 Å². The van der Waals surface area contributed by atoms with Crippen LogP contribution in [0.3, 0.4) is 0 Å². The van der Waals surface area contributed by atoms with Gasteiger partial charge in [-0.15, -0.1) is 0 Å². The van der Waals surface area contributed by atoms with Crippen LogP contribution in [0, 0.1) is 5.82 Å². The first-order valence-corrected chi connectivity index (χ1v) is 13.5. The zero-order valence-electron chi connectivity index (χ0n) is 22.5. The average molecular weight is 587 g/mol. The number of alkyl halides is 2. The summed E-state index contributed by atoms with van der Waals surface area (Å²) in [6, 6.07) is 13.6. The summed E-state index contributed by atoms with van der Waals surface area (Å²) in [6.07, 6.45) is 2.19. The van der Waals surface area contributed by atoms with Crippen LogP contribution in [0.4, 0.5) is 19.0 Å². The number of nitrogens with two attached hydrogens (primary N) is 1. The Morgan fingerprint density at radius 1 is 1.23 bits per heavy atom. The number of carbonyl (C=O) groups is 1. The van der Waals surface area contributed by atoms with Crippen molar-refractivity contribution in [2.75, 3.05) is 32.9 Å². The maximum absolute atomic E-state index is 13.7. The molecule has 1 aromatic heterocycles. The van der Waals surface area contributed by atoms with Gasteiger partial charge in [-0.2, -0.15) is 4.98 Å². The number of nitrogens with one attached hydrogen (secondary N) is 1. The lowest BCUT2D eigenvalue weighted by Crippen LogP contribution is -2.29. The van der Waals surface area contributed by atoms with Crippen molar-refractivity contribution < 1.29 is 36.5 Å². The van der Waals surface area contributed by atoms with Gasteiger partial charge in [0.2, 0.25) is 6.93 Å². The van der Waals surface area contributed by atoms with Crippen LogP contribution in [0.25, 0.3) is 10.8 Å². The molecule has 0 bridgehead atoms. The second-order valence-electron chi connectivity index (χ2n) is 8.52. The van der Waals surface area contributed by atoms with E-state index in [0.29, 0.717) is 24.7 Å². The van der Waals surface area contributed by atoms with E-state index < -0.39 is 39.0 Å². The first kappa shape index (κ1) is 33.1. The van der Waals surface area contributed by atoms with E-state index >= 15 is 0 Å². The number of hydrogen-bond acceptors (Lipinski definition) is 9. The quantitative estimate of drug-likeness (QED) is 0.254. The number of carbonyl (C=O) groups excluding carboxylic acids is 1. The fourth-order valence-electron chi connectivity index (χ4n) is 3.36. The molecule has 1 fully saturated rings. The van der Waals surface area contributed by atoms with Crippen molar-refractivity contribution in [1.82, 2.24) is 14.6 Å². The minimum Gasteiger partial charge on any atom is -0.436 e. The summed E-state index contributed by atoms with van der Waals surface area (Å²) in [4.78, 5) is 26.3. The van der Waals surface area contributed by atoms with Gasteiger partial charge in [0.25, 0.3) is 0 Å². The Bertz CT molecular complexity index is 1250. The van der Waals surface area contributed by atoms with Gasteiger partial charge < -0.3 is 29.0 Å². The Morgan fingerprint density at radius 3 is 2.55 bits per heavy atom. The van der Waals surface area contributed by atoms with Crippen LogP contribution in [0.5, 0.6) is 5.75 Å². The molecular formula is C26H34F3N4O6P. The van der Waals surface area contributed by atoms with E-state index in [1.807, 2.05) is 56.3 Å². The van der Waals surface area contributed by atoms with Gasteiger partial charge in [-0.3, -0.25) is 4.57 Å². The maximum atomic E-state index is 13.7.